The first-order valence-electron chi connectivity index (χ1n) is 5.73. The van der Waals surface area contributed by atoms with Crippen LogP contribution in [-0.2, 0) is 6.54 Å². The molecule has 0 fully saturated rings. The number of aromatic nitrogens is 3. The normalized spacial score (nSPS) is 11.1. The van der Waals surface area contributed by atoms with Crippen LogP contribution in [0.4, 0.5) is 0 Å². The second-order valence-electron chi connectivity index (χ2n) is 4.64. The second kappa shape index (κ2) is 5.00. The number of hydrogen-bond donors (Lipinski definition) is 0. The molecule has 2 rings (SSSR count). The minimum atomic E-state index is 0.577. The highest BCUT2D eigenvalue weighted by Gasteiger charge is 2.12. The van der Waals surface area contributed by atoms with Crippen molar-refractivity contribution in [3.05, 3.63) is 34.6 Å². The van der Waals surface area contributed by atoms with Gasteiger partial charge in [0.25, 0.3) is 0 Å². The van der Waals surface area contributed by atoms with E-state index in [0.29, 0.717) is 5.92 Å². The summed E-state index contributed by atoms with van der Waals surface area (Å²) in [7, 11) is 0. The van der Waals surface area contributed by atoms with E-state index in [9.17, 15) is 0 Å². The Bertz CT molecular complexity index is 517. The van der Waals surface area contributed by atoms with Crippen LogP contribution < -0.4 is 0 Å². The smallest absolute Gasteiger partial charge is 0.164 e. The van der Waals surface area contributed by atoms with Gasteiger partial charge < -0.3 is 4.57 Å². The van der Waals surface area contributed by atoms with Crippen molar-refractivity contribution in [3.63, 3.8) is 0 Å². The summed E-state index contributed by atoms with van der Waals surface area (Å²) < 4.78 is 3.20. The molecule has 0 aliphatic heterocycles. The van der Waals surface area contributed by atoms with Crippen molar-refractivity contribution in [2.45, 2.75) is 27.3 Å². The quantitative estimate of drug-likeness (QED) is 0.864. The van der Waals surface area contributed by atoms with Gasteiger partial charge in [-0.05, 0) is 34.3 Å². The molecule has 4 heteroatoms. The van der Waals surface area contributed by atoms with Crippen molar-refractivity contribution in [3.8, 4) is 11.4 Å². The summed E-state index contributed by atoms with van der Waals surface area (Å²) in [6.45, 7) is 7.39. The number of aryl methyl sites for hydroxylation is 1. The molecule has 0 atom stereocenters. The zero-order chi connectivity index (χ0) is 12.4. The van der Waals surface area contributed by atoms with Crippen LogP contribution in [0.5, 0.6) is 0 Å². The molecule has 3 nitrogen and oxygen atoms in total. The highest BCUT2D eigenvalue weighted by Crippen LogP contribution is 2.29. The van der Waals surface area contributed by atoms with Gasteiger partial charge in [-0.3, -0.25) is 0 Å². The van der Waals surface area contributed by atoms with Crippen LogP contribution in [-0.4, -0.2) is 14.8 Å². The van der Waals surface area contributed by atoms with Crippen molar-refractivity contribution in [1.82, 2.24) is 14.8 Å². The minimum Gasteiger partial charge on any atom is -0.313 e. The van der Waals surface area contributed by atoms with Crippen LogP contribution in [0.2, 0.25) is 0 Å². The predicted molar refractivity (Wildman–Crippen MR) is 72.7 cm³/mol. The Labute approximate surface area is 110 Å². The predicted octanol–water partition coefficient (Wildman–Crippen LogP) is 3.67. The molecule has 0 saturated heterocycles. The van der Waals surface area contributed by atoms with Crippen LogP contribution in [0.25, 0.3) is 11.4 Å². The Morgan fingerprint density at radius 2 is 2.12 bits per heavy atom. The molecule has 0 bridgehead atoms. The molecule has 0 aliphatic carbocycles. The molecule has 0 unspecified atom stereocenters. The number of benzene rings is 1. The summed E-state index contributed by atoms with van der Waals surface area (Å²) in [5.41, 5.74) is 2.31. The molecule has 1 aromatic carbocycles. The van der Waals surface area contributed by atoms with Gasteiger partial charge in [0, 0.05) is 16.6 Å². The zero-order valence-electron chi connectivity index (χ0n) is 10.3. The highest BCUT2D eigenvalue weighted by atomic mass is 79.9. The van der Waals surface area contributed by atoms with Gasteiger partial charge in [-0.1, -0.05) is 32.0 Å². The molecule has 0 saturated carbocycles. The summed E-state index contributed by atoms with van der Waals surface area (Å²) in [4.78, 5) is 0. The van der Waals surface area contributed by atoms with Crippen LogP contribution in [0.1, 0.15) is 19.4 Å². The first-order valence-corrected chi connectivity index (χ1v) is 6.52. The van der Waals surface area contributed by atoms with E-state index in [0.717, 1.165) is 22.4 Å². The monoisotopic (exact) mass is 293 g/mol. The van der Waals surface area contributed by atoms with Crippen molar-refractivity contribution < 1.29 is 0 Å². The fraction of sp³-hybridized carbons (Fsp3) is 0.385. The Kier molecular flexibility index (Phi) is 3.62. The number of rotatable bonds is 3. The number of hydrogen-bond acceptors (Lipinski definition) is 2. The Morgan fingerprint density at radius 3 is 2.82 bits per heavy atom. The second-order valence-corrected chi connectivity index (χ2v) is 5.43. The maximum absolute atomic E-state index is 4.22. The standard InChI is InChI=1S/C13H16BrN3/c1-9(2)7-17-8-15-16-13(17)11-6-4-5-10(3)12(11)14/h4-6,8-9H,7H2,1-3H3. The van der Waals surface area contributed by atoms with Crippen LogP contribution in [0.15, 0.2) is 29.0 Å². The topological polar surface area (TPSA) is 30.7 Å². The molecule has 0 N–H and O–H groups in total. The third kappa shape index (κ3) is 2.57. The van der Waals surface area contributed by atoms with Crippen molar-refractivity contribution in [2.75, 3.05) is 0 Å². The van der Waals surface area contributed by atoms with Gasteiger partial charge in [-0.15, -0.1) is 10.2 Å². The highest BCUT2D eigenvalue weighted by molar-refractivity contribution is 9.10. The molecular weight excluding hydrogens is 278 g/mol. The average molecular weight is 294 g/mol. The van der Waals surface area contributed by atoms with Gasteiger partial charge in [0.1, 0.15) is 6.33 Å². The maximum Gasteiger partial charge on any atom is 0.164 e. The lowest BCUT2D eigenvalue weighted by Gasteiger charge is -2.11. The Morgan fingerprint density at radius 1 is 1.35 bits per heavy atom. The molecule has 2 aromatic rings. The SMILES string of the molecule is Cc1cccc(-c2nncn2CC(C)C)c1Br. The number of halogens is 1. The third-order valence-corrected chi connectivity index (χ3v) is 3.66. The summed E-state index contributed by atoms with van der Waals surface area (Å²) >= 11 is 3.62. The molecule has 0 aliphatic rings. The summed E-state index contributed by atoms with van der Waals surface area (Å²) in [6.07, 6.45) is 1.80. The molecule has 90 valence electrons. The fourth-order valence-corrected chi connectivity index (χ4v) is 2.25. The van der Waals surface area contributed by atoms with Gasteiger partial charge in [-0.2, -0.15) is 0 Å². The molecule has 1 heterocycles. The third-order valence-electron chi connectivity index (χ3n) is 2.61. The number of nitrogens with zero attached hydrogens (tertiary/aromatic N) is 3. The van der Waals surface area contributed by atoms with Crippen molar-refractivity contribution in [2.24, 2.45) is 5.92 Å². The van der Waals surface area contributed by atoms with Gasteiger partial charge in [0.15, 0.2) is 5.82 Å². The lowest BCUT2D eigenvalue weighted by Crippen LogP contribution is -2.05. The molecular formula is C13H16BrN3. The van der Waals surface area contributed by atoms with Gasteiger partial charge in [0.05, 0.1) is 0 Å². The van der Waals surface area contributed by atoms with E-state index in [-0.39, 0.29) is 0 Å². The van der Waals surface area contributed by atoms with E-state index in [4.69, 9.17) is 0 Å². The Balaban J connectivity index is 2.46. The van der Waals surface area contributed by atoms with Crippen molar-refractivity contribution in [1.29, 1.82) is 0 Å². The maximum atomic E-state index is 4.22. The molecule has 1 aromatic heterocycles. The Hall–Kier alpha value is -1.16. The van der Waals surface area contributed by atoms with Crippen LogP contribution in [0.3, 0.4) is 0 Å². The van der Waals surface area contributed by atoms with Gasteiger partial charge >= 0.3 is 0 Å². The van der Waals surface area contributed by atoms with Crippen molar-refractivity contribution >= 4 is 15.9 Å². The fourth-order valence-electron chi connectivity index (χ4n) is 1.81. The summed E-state index contributed by atoms with van der Waals surface area (Å²) in [5, 5.41) is 8.24. The first-order chi connectivity index (χ1) is 8.09. The van der Waals surface area contributed by atoms with E-state index in [2.05, 4.69) is 63.6 Å². The van der Waals surface area contributed by atoms with E-state index in [1.165, 1.54) is 5.56 Å². The van der Waals surface area contributed by atoms with Gasteiger partial charge in [0.2, 0.25) is 0 Å². The van der Waals surface area contributed by atoms with Gasteiger partial charge in [-0.25, -0.2) is 0 Å². The zero-order valence-corrected chi connectivity index (χ0v) is 11.9. The lowest BCUT2D eigenvalue weighted by atomic mass is 10.1. The van der Waals surface area contributed by atoms with E-state index in [1.54, 1.807) is 6.33 Å². The van der Waals surface area contributed by atoms with E-state index < -0.39 is 0 Å². The molecule has 0 spiro atoms. The lowest BCUT2D eigenvalue weighted by molar-refractivity contribution is 0.525. The molecule has 0 amide bonds. The summed E-state index contributed by atoms with van der Waals surface area (Å²) in [6, 6.07) is 6.19. The largest absolute Gasteiger partial charge is 0.313 e. The molecule has 0 radical (unpaired) electrons. The van der Waals surface area contributed by atoms with E-state index >= 15 is 0 Å². The van der Waals surface area contributed by atoms with Crippen LogP contribution in [0, 0.1) is 12.8 Å². The van der Waals surface area contributed by atoms with Crippen LogP contribution >= 0.6 is 15.9 Å². The van der Waals surface area contributed by atoms with E-state index in [1.807, 2.05) is 6.07 Å². The average Bonchev–Trinajstić information content (AvgIpc) is 2.69. The minimum absolute atomic E-state index is 0.577. The summed E-state index contributed by atoms with van der Waals surface area (Å²) in [5.74, 6) is 1.50. The first kappa shape index (κ1) is 12.3. The molecule has 17 heavy (non-hydrogen) atoms.